The fourth-order valence-electron chi connectivity index (χ4n) is 5.47. The third-order valence-electron chi connectivity index (χ3n) is 9.46. The van der Waals surface area contributed by atoms with Crippen LogP contribution in [0, 0.1) is 0 Å². The first-order valence-corrected chi connectivity index (χ1v) is 22.5. The van der Waals surface area contributed by atoms with Crippen LogP contribution in [0.4, 0.5) is 0 Å². The molecule has 408 valence electrons. The zero-order chi connectivity index (χ0) is 55.9. The lowest BCUT2D eigenvalue weighted by molar-refractivity contribution is -0.139. The van der Waals surface area contributed by atoms with Crippen molar-refractivity contribution in [1.29, 1.82) is 0 Å². The highest BCUT2D eigenvalue weighted by Crippen LogP contribution is 2.18. The van der Waals surface area contributed by atoms with Crippen molar-refractivity contribution in [3.63, 3.8) is 0 Å². The van der Waals surface area contributed by atoms with E-state index in [1.54, 1.807) is 6.20 Å². The third kappa shape index (κ3) is 35.2. The minimum absolute atomic E-state index is 0.0129. The first-order valence-electron chi connectivity index (χ1n) is 22.5. The van der Waals surface area contributed by atoms with E-state index in [9.17, 15) is 33.6 Å². The minimum Gasteiger partial charge on any atom is -0.480 e. The van der Waals surface area contributed by atoms with Gasteiger partial charge in [0.2, 0.25) is 0 Å². The molecular weight excluding hydrogens is 961 g/mol. The predicted octanol–water partition coefficient (Wildman–Crippen LogP) is -2.04. The van der Waals surface area contributed by atoms with Crippen LogP contribution in [0.25, 0.3) is 10.9 Å². The van der Waals surface area contributed by atoms with Gasteiger partial charge in [0.1, 0.15) is 36.3 Å². The summed E-state index contributed by atoms with van der Waals surface area (Å²) >= 11 is 0. The van der Waals surface area contributed by atoms with Crippen LogP contribution in [0.2, 0.25) is 0 Å². The van der Waals surface area contributed by atoms with Crippen LogP contribution < -0.4 is 56.9 Å². The van der Waals surface area contributed by atoms with Crippen LogP contribution in [0.1, 0.15) is 61.8 Å². The molecule has 1 fully saturated rings. The monoisotopic (exact) mass is 1030 g/mol. The first-order chi connectivity index (χ1) is 34.4. The van der Waals surface area contributed by atoms with Gasteiger partial charge in [-0.3, -0.25) is 38.6 Å². The van der Waals surface area contributed by atoms with Crippen molar-refractivity contribution in [2.45, 2.75) is 100 Å². The average molecular weight is 1040 g/mol. The lowest BCUT2D eigenvalue weighted by atomic mass is 10.1. The van der Waals surface area contributed by atoms with E-state index in [0.29, 0.717) is 45.2 Å². The molecule has 73 heavy (non-hydrogen) atoms. The Morgan fingerprint density at radius 1 is 0.644 bits per heavy atom. The van der Waals surface area contributed by atoms with Crippen LogP contribution in [0.3, 0.4) is 0 Å². The summed E-state index contributed by atoms with van der Waals surface area (Å²) in [6, 6.07) is 12.8. The number of nitrogens with two attached hydrogens (primary N) is 9. The molecule has 4 aromatic rings. The SMILES string of the molecule is NC(N)=NCCC[C@H](N)C(=O)O.NCC(=O)O.NCCCC[C@H](N)C(=O)O.N[C@@H](Cc1c[nH]c2ccccc12)C(=O)O.N[C@@H](Cc1ccccc1)C(=O)O.N[C@@H](Cc1cnc[nH]1)C(=O)O.O=C(O)[C@@H]1CCCN1. The van der Waals surface area contributed by atoms with Gasteiger partial charge in [-0.25, -0.2) is 4.98 Å². The quantitative estimate of drug-likeness (QED) is 0.0243. The second kappa shape index (κ2) is 40.1. The van der Waals surface area contributed by atoms with Gasteiger partial charge in [0.25, 0.3) is 0 Å². The number of hydrogen-bond donors (Lipinski definition) is 19. The summed E-state index contributed by atoms with van der Waals surface area (Å²) in [4.78, 5) is 84.3. The molecule has 1 aliphatic rings. The summed E-state index contributed by atoms with van der Waals surface area (Å²) in [6.07, 6.45) is 10.8. The summed E-state index contributed by atoms with van der Waals surface area (Å²) in [7, 11) is 0. The molecule has 28 nitrogen and oxygen atoms in total. The number of nitrogens with zero attached hydrogens (tertiary/aromatic N) is 2. The predicted molar refractivity (Wildman–Crippen MR) is 271 cm³/mol. The van der Waals surface area contributed by atoms with Gasteiger partial charge < -0.3 is 103 Å². The molecule has 3 heterocycles. The number of carboxylic acid groups (broad SMARTS) is 7. The maximum atomic E-state index is 10.6. The number of H-pyrrole nitrogens is 2. The third-order valence-corrected chi connectivity index (χ3v) is 9.46. The highest BCUT2D eigenvalue weighted by atomic mass is 16.4. The molecule has 6 atom stereocenters. The summed E-state index contributed by atoms with van der Waals surface area (Å²) in [5.41, 5.74) is 50.0. The normalized spacial score (nSPS) is 14.0. The molecule has 0 bridgehead atoms. The number of aromatic nitrogens is 3. The van der Waals surface area contributed by atoms with Crippen LogP contribution in [-0.2, 0) is 52.8 Å². The van der Waals surface area contributed by atoms with Crippen LogP contribution in [0.15, 0.2) is 78.3 Å². The van der Waals surface area contributed by atoms with Gasteiger partial charge in [0, 0.05) is 48.4 Å². The highest BCUT2D eigenvalue weighted by molar-refractivity contribution is 5.84. The number of nitrogens with one attached hydrogen (secondary N) is 3. The van der Waals surface area contributed by atoms with E-state index in [4.69, 9.17) is 81.6 Å². The molecule has 28 heteroatoms. The van der Waals surface area contributed by atoms with Crippen LogP contribution in [0.5, 0.6) is 0 Å². The number of aromatic amines is 2. The molecule has 0 amide bonds. The lowest BCUT2D eigenvalue weighted by Crippen LogP contribution is -2.32. The zero-order valence-corrected chi connectivity index (χ0v) is 40.4. The minimum atomic E-state index is -1.00. The van der Waals surface area contributed by atoms with Crippen molar-refractivity contribution in [2.75, 3.05) is 26.2 Å². The maximum Gasteiger partial charge on any atom is 0.320 e. The lowest BCUT2D eigenvalue weighted by Gasteiger charge is -2.04. The molecule has 5 rings (SSSR count). The molecule has 1 saturated heterocycles. The fourth-order valence-corrected chi connectivity index (χ4v) is 5.47. The number of aliphatic imine (C=N–C) groups is 1. The number of unbranched alkanes of at least 4 members (excludes halogenated alkanes) is 1. The molecule has 0 saturated carbocycles. The Morgan fingerprint density at radius 2 is 1.15 bits per heavy atom. The fraction of sp³-hybridized carbons (Fsp3) is 0.444. The van der Waals surface area contributed by atoms with Gasteiger partial charge in [-0.2, -0.15) is 0 Å². The summed E-state index contributed by atoms with van der Waals surface area (Å²) in [6.45, 7) is 1.60. The molecule has 0 radical (unpaired) electrons. The van der Waals surface area contributed by atoms with E-state index in [0.717, 1.165) is 60.0 Å². The van der Waals surface area contributed by atoms with E-state index in [1.165, 1.54) is 6.33 Å². The van der Waals surface area contributed by atoms with Gasteiger partial charge >= 0.3 is 41.8 Å². The Kier molecular flexibility index (Phi) is 37.1. The van der Waals surface area contributed by atoms with Gasteiger partial charge in [0.15, 0.2) is 5.96 Å². The second-order valence-corrected chi connectivity index (χ2v) is 15.6. The Balaban J connectivity index is 0. The molecule has 0 unspecified atom stereocenters. The Hall–Kier alpha value is -7.57. The van der Waals surface area contributed by atoms with E-state index >= 15 is 0 Å². The zero-order valence-electron chi connectivity index (χ0n) is 40.4. The van der Waals surface area contributed by atoms with E-state index in [2.05, 4.69) is 31.0 Å². The number of para-hydroxylation sites is 1. The Bertz CT molecular complexity index is 2210. The van der Waals surface area contributed by atoms with E-state index in [1.807, 2.05) is 60.8 Å². The summed E-state index contributed by atoms with van der Waals surface area (Å²) in [5, 5.41) is 62.2. The summed E-state index contributed by atoms with van der Waals surface area (Å²) < 4.78 is 0. The number of hydrogen-bond acceptors (Lipinski definition) is 17. The molecule has 2 aromatic heterocycles. The van der Waals surface area contributed by atoms with Crippen molar-refractivity contribution in [1.82, 2.24) is 20.3 Å². The van der Waals surface area contributed by atoms with Gasteiger partial charge in [-0.05, 0) is 75.2 Å². The largest absolute Gasteiger partial charge is 0.480 e. The van der Waals surface area contributed by atoms with E-state index < -0.39 is 72.0 Å². The Morgan fingerprint density at radius 3 is 1.59 bits per heavy atom. The number of benzene rings is 2. The van der Waals surface area contributed by atoms with Crippen molar-refractivity contribution in [2.24, 2.45) is 56.6 Å². The molecular formula is C45H74N14O14. The number of fused-ring (bicyclic) bond motifs is 1. The van der Waals surface area contributed by atoms with E-state index in [-0.39, 0.29) is 25.0 Å². The number of carbonyl (C=O) groups is 7. The molecule has 0 aliphatic carbocycles. The number of aliphatic carboxylic acids is 7. The molecule has 2 aromatic carbocycles. The van der Waals surface area contributed by atoms with Crippen molar-refractivity contribution >= 4 is 58.6 Å². The number of carboxylic acids is 7. The molecule has 1 aliphatic heterocycles. The Labute approximate surface area is 420 Å². The summed E-state index contributed by atoms with van der Waals surface area (Å²) in [5.74, 6) is -6.54. The van der Waals surface area contributed by atoms with Gasteiger partial charge in [-0.15, -0.1) is 0 Å². The van der Waals surface area contributed by atoms with Crippen LogP contribution >= 0.6 is 0 Å². The number of rotatable bonds is 21. The van der Waals surface area contributed by atoms with Crippen molar-refractivity contribution in [3.8, 4) is 0 Å². The maximum absolute atomic E-state index is 10.6. The molecule has 28 N–H and O–H groups in total. The number of guanidine groups is 1. The van der Waals surface area contributed by atoms with Gasteiger partial charge in [-0.1, -0.05) is 55.0 Å². The highest BCUT2D eigenvalue weighted by Gasteiger charge is 2.20. The standard InChI is InChI=1S/C11H12N2O2.C9H11NO2.C6H14N4O2.C6H9N3O2.C6H14N2O2.C5H9NO2.C2H5NO2/c12-9(11(14)15)5-7-6-13-10-4-2-1-3-8(7)10;10-8(9(11)12)6-7-4-2-1-3-5-7;7-4(5(11)12)2-1-3-10-6(8)9;7-5(6(10)11)1-4-2-8-3-9-4;7-4-2-1-3-5(8)6(9)10;7-5(8)4-2-1-3-6-4;3-1-2(4)5/h1-4,6,9,13H,5,12H2,(H,14,15);1-5,8H,6,10H2,(H,11,12);4H,1-3,7H2,(H,11,12)(H4,8,9,10);2-3,5H,1,7H2,(H,8,9)(H,10,11);5H,1-4,7-8H2,(H,9,10);4,6H,1-3H2,(H,7,8);1,3H2,(H,4,5)/t9-;8-;4-;2*5-;4-;/m000000./s1. The average Bonchev–Trinajstić information content (AvgIpc) is 4.16. The van der Waals surface area contributed by atoms with Gasteiger partial charge in [0.05, 0.1) is 12.9 Å². The number of imidazole rings is 1. The smallest absolute Gasteiger partial charge is 0.320 e. The first kappa shape index (κ1) is 67.5. The molecule has 0 spiro atoms. The second-order valence-electron chi connectivity index (χ2n) is 15.6. The van der Waals surface area contributed by atoms with Crippen molar-refractivity contribution in [3.05, 3.63) is 90.1 Å². The topological polar surface area (TPSA) is 564 Å². The van der Waals surface area contributed by atoms with Crippen molar-refractivity contribution < 1.29 is 69.3 Å². The van der Waals surface area contributed by atoms with Crippen LogP contribution in [-0.4, -0.2) is 161 Å².